The molecule has 186 valence electrons. The zero-order chi connectivity index (χ0) is 25.9. The molecular weight excluding hydrogens is 465 g/mol. The number of amides is 1. The number of azide groups is 1. The molecule has 0 bridgehead atoms. The molecule has 1 amide bonds. The Kier molecular flexibility index (Phi) is 7.05. The van der Waals surface area contributed by atoms with E-state index in [4.69, 9.17) is 10.8 Å². The lowest BCUT2D eigenvalue weighted by atomic mass is 9.80. The maximum Gasteiger partial charge on any atom is 0.255 e. The molecule has 0 spiro atoms. The molecule has 4 rings (SSSR count). The van der Waals surface area contributed by atoms with Crippen molar-refractivity contribution in [3.63, 3.8) is 0 Å². The lowest BCUT2D eigenvalue weighted by molar-refractivity contribution is -0.00177. The molecule has 12 heteroatoms. The van der Waals surface area contributed by atoms with Crippen molar-refractivity contribution in [3.8, 4) is 17.5 Å². The number of nitrogens with zero attached hydrogens (tertiary/aromatic N) is 7. The van der Waals surface area contributed by atoms with E-state index in [1.54, 1.807) is 16.6 Å². The monoisotopic (exact) mass is 491 g/mol. The number of carbonyl (C=O) groups is 1. The Labute approximate surface area is 206 Å². The third kappa shape index (κ3) is 5.38. The molecule has 11 nitrogen and oxygen atoms in total. The Morgan fingerprint density at radius 1 is 1.42 bits per heavy atom. The van der Waals surface area contributed by atoms with Gasteiger partial charge in [0.15, 0.2) is 0 Å². The average molecular weight is 492 g/mol. The Morgan fingerprint density at radius 2 is 2.19 bits per heavy atom. The second kappa shape index (κ2) is 10.2. The predicted octanol–water partition coefficient (Wildman–Crippen LogP) is 3.61. The van der Waals surface area contributed by atoms with E-state index >= 15 is 0 Å². The number of aliphatic hydroxyl groups is 1. The summed E-state index contributed by atoms with van der Waals surface area (Å²) in [6, 6.07) is 9.23. The quantitative estimate of drug-likeness (QED) is 0.235. The summed E-state index contributed by atoms with van der Waals surface area (Å²) in [5, 5.41) is 32.8. The van der Waals surface area contributed by atoms with Crippen LogP contribution in [0.2, 0.25) is 0 Å². The molecule has 1 atom stereocenters. The summed E-state index contributed by atoms with van der Waals surface area (Å²) in [5.74, 6) is -0.255. The van der Waals surface area contributed by atoms with Crippen LogP contribution in [0.25, 0.3) is 27.3 Å². The van der Waals surface area contributed by atoms with Gasteiger partial charge < -0.3 is 15.7 Å². The van der Waals surface area contributed by atoms with Gasteiger partial charge in [-0.25, -0.2) is 8.91 Å². The zero-order valence-electron chi connectivity index (χ0n) is 19.9. The number of hydrogen-bond acceptors (Lipinski definition) is 7. The number of nitriles is 1. The summed E-state index contributed by atoms with van der Waals surface area (Å²) in [4.78, 5) is 20.2. The fraction of sp³-hybridized carbons (Fsp3) is 0.417. The van der Waals surface area contributed by atoms with Gasteiger partial charge in [-0.05, 0) is 62.4 Å². The van der Waals surface area contributed by atoms with Gasteiger partial charge in [-0.2, -0.15) is 10.4 Å². The first-order valence-corrected chi connectivity index (χ1v) is 11.5. The van der Waals surface area contributed by atoms with Crippen LogP contribution in [-0.2, 0) is 0 Å². The van der Waals surface area contributed by atoms with Crippen molar-refractivity contribution in [1.82, 2.24) is 19.9 Å². The van der Waals surface area contributed by atoms with Crippen molar-refractivity contribution in [2.24, 2.45) is 11.0 Å². The van der Waals surface area contributed by atoms with Crippen LogP contribution in [0.15, 0.2) is 41.8 Å². The Bertz CT molecular complexity index is 1360. The molecule has 3 heterocycles. The maximum atomic E-state index is 14.2. The summed E-state index contributed by atoms with van der Waals surface area (Å²) in [6.07, 6.45) is 2.79. The van der Waals surface area contributed by atoms with E-state index in [9.17, 15) is 14.3 Å². The Morgan fingerprint density at radius 3 is 2.89 bits per heavy atom. The first kappa shape index (κ1) is 24.9. The van der Waals surface area contributed by atoms with Gasteiger partial charge in [-0.15, -0.1) is 0 Å². The molecule has 3 aromatic heterocycles. The second-order valence-corrected chi connectivity index (χ2v) is 9.45. The molecule has 3 N–H and O–H groups in total. The fourth-order valence-corrected chi connectivity index (χ4v) is 4.05. The highest BCUT2D eigenvalue weighted by Crippen LogP contribution is 2.33. The molecular formula is C24H26FN9O2. The largest absolute Gasteiger partial charge is 0.387 e. The predicted molar refractivity (Wildman–Crippen MR) is 131 cm³/mol. The number of carbonyl (C=O) groups excluding carboxylic acids is 1. The van der Waals surface area contributed by atoms with E-state index < -0.39 is 17.7 Å². The van der Waals surface area contributed by atoms with Crippen molar-refractivity contribution in [2.75, 3.05) is 18.4 Å². The van der Waals surface area contributed by atoms with Crippen LogP contribution in [0, 0.1) is 17.2 Å². The topological polar surface area (TPSA) is 164 Å². The standard InChI is InChI=1S/C24H26FN9O2/c1-24(2,36)22(25)13-29-23(35)18-12-28-20(8-19(18)32-16-5-14(6-16)10-30-33-27)21-4-3-17-7-15(9-26)11-31-34(17)21/h3-4,7-8,11-12,14,16,22,36H,5-6,10,13H2,1-2H3,(H,28,32)(H,29,35)/t14-,16-,22-/m1/s1. The van der Waals surface area contributed by atoms with Crippen molar-refractivity contribution in [2.45, 2.75) is 44.5 Å². The highest BCUT2D eigenvalue weighted by atomic mass is 19.1. The van der Waals surface area contributed by atoms with Crippen molar-refractivity contribution < 1.29 is 14.3 Å². The minimum atomic E-state index is -1.64. The van der Waals surface area contributed by atoms with E-state index in [-0.39, 0.29) is 24.1 Å². The van der Waals surface area contributed by atoms with Crippen LogP contribution >= 0.6 is 0 Å². The average Bonchev–Trinajstić information content (AvgIpc) is 3.26. The van der Waals surface area contributed by atoms with Gasteiger partial charge in [0.1, 0.15) is 12.2 Å². The van der Waals surface area contributed by atoms with E-state index in [0.29, 0.717) is 29.2 Å². The molecule has 0 saturated heterocycles. The molecule has 3 aromatic rings. The molecule has 0 aromatic carbocycles. The smallest absolute Gasteiger partial charge is 0.255 e. The molecule has 1 aliphatic rings. The fourth-order valence-electron chi connectivity index (χ4n) is 4.05. The molecule has 0 radical (unpaired) electrons. The van der Waals surface area contributed by atoms with Crippen LogP contribution in [0.3, 0.4) is 0 Å². The number of alkyl halides is 1. The van der Waals surface area contributed by atoms with Gasteiger partial charge in [-0.3, -0.25) is 9.78 Å². The Hall–Kier alpha value is -4.20. The number of halogens is 1. The number of anilines is 1. The number of hydrogen-bond donors (Lipinski definition) is 3. The SMILES string of the molecule is CC(C)(O)[C@H](F)CNC(=O)c1cnc(-c2ccc3cc(C#N)cnn23)cc1N[C@H]1C[C@H](CN=[N+]=[N-])C1. The normalized spacial score (nSPS) is 18.0. The van der Waals surface area contributed by atoms with Crippen molar-refractivity contribution in [1.29, 1.82) is 5.26 Å². The minimum absolute atomic E-state index is 0.0661. The van der Waals surface area contributed by atoms with Crippen LogP contribution in [0.1, 0.15) is 42.6 Å². The summed E-state index contributed by atoms with van der Waals surface area (Å²) >= 11 is 0. The van der Waals surface area contributed by atoms with Gasteiger partial charge in [0.2, 0.25) is 0 Å². The molecule has 1 fully saturated rings. The summed E-state index contributed by atoms with van der Waals surface area (Å²) < 4.78 is 15.9. The molecule has 1 saturated carbocycles. The summed E-state index contributed by atoms with van der Waals surface area (Å²) in [7, 11) is 0. The van der Waals surface area contributed by atoms with Gasteiger partial charge >= 0.3 is 0 Å². The minimum Gasteiger partial charge on any atom is -0.387 e. The number of pyridine rings is 1. The molecule has 0 unspecified atom stereocenters. The summed E-state index contributed by atoms with van der Waals surface area (Å²) in [6.45, 7) is 2.75. The van der Waals surface area contributed by atoms with E-state index in [0.717, 1.165) is 18.4 Å². The van der Waals surface area contributed by atoms with Gasteiger partial charge in [-0.1, -0.05) is 5.11 Å². The highest BCUT2D eigenvalue weighted by molar-refractivity contribution is 6.00. The number of rotatable bonds is 9. The number of fused-ring (bicyclic) bond motifs is 1. The molecule has 1 aliphatic carbocycles. The molecule has 0 aliphatic heterocycles. The van der Waals surface area contributed by atoms with E-state index in [2.05, 4.69) is 36.8 Å². The van der Waals surface area contributed by atoms with Crippen molar-refractivity contribution >= 4 is 17.1 Å². The van der Waals surface area contributed by atoms with E-state index in [1.165, 1.54) is 26.2 Å². The van der Waals surface area contributed by atoms with E-state index in [1.807, 2.05) is 12.1 Å². The van der Waals surface area contributed by atoms with Crippen LogP contribution in [0.4, 0.5) is 10.1 Å². The van der Waals surface area contributed by atoms with Crippen LogP contribution in [-0.4, -0.2) is 56.5 Å². The second-order valence-electron chi connectivity index (χ2n) is 9.45. The first-order chi connectivity index (χ1) is 17.2. The van der Waals surface area contributed by atoms with Gasteiger partial charge in [0.25, 0.3) is 5.91 Å². The molecule has 36 heavy (non-hydrogen) atoms. The number of aromatic nitrogens is 3. The number of nitrogens with one attached hydrogen (secondary N) is 2. The van der Waals surface area contributed by atoms with Gasteiger partial charge in [0.05, 0.1) is 52.1 Å². The van der Waals surface area contributed by atoms with Crippen LogP contribution < -0.4 is 10.6 Å². The highest BCUT2D eigenvalue weighted by Gasteiger charge is 2.30. The third-order valence-corrected chi connectivity index (χ3v) is 6.25. The van der Waals surface area contributed by atoms with Gasteiger partial charge in [0, 0.05) is 23.7 Å². The summed E-state index contributed by atoms with van der Waals surface area (Å²) in [5.41, 5.74) is 10.1. The van der Waals surface area contributed by atoms with Crippen molar-refractivity contribution in [3.05, 3.63) is 58.2 Å². The maximum absolute atomic E-state index is 14.2. The Balaban J connectivity index is 1.61. The zero-order valence-corrected chi connectivity index (χ0v) is 19.9. The lowest BCUT2D eigenvalue weighted by Crippen LogP contribution is -2.42. The van der Waals surface area contributed by atoms with Crippen LogP contribution in [0.5, 0.6) is 0 Å². The lowest BCUT2D eigenvalue weighted by Gasteiger charge is -2.36. The first-order valence-electron chi connectivity index (χ1n) is 11.5. The third-order valence-electron chi connectivity index (χ3n) is 6.25.